The first-order valence-corrected chi connectivity index (χ1v) is 6.62. The van der Waals surface area contributed by atoms with Gasteiger partial charge in [-0.3, -0.25) is 0 Å². The quantitative estimate of drug-likeness (QED) is 0.764. The normalized spacial score (nSPS) is 17.6. The van der Waals surface area contributed by atoms with Gasteiger partial charge in [0.25, 0.3) is 0 Å². The lowest BCUT2D eigenvalue weighted by atomic mass is 9.80. The van der Waals surface area contributed by atoms with Crippen molar-refractivity contribution in [1.82, 2.24) is 14.6 Å². The molecule has 2 aromatic rings. The maximum Gasteiger partial charge on any atom is 0.156 e. The fourth-order valence-corrected chi connectivity index (χ4v) is 3.34. The van der Waals surface area contributed by atoms with E-state index in [4.69, 9.17) is 16.6 Å². The Morgan fingerprint density at radius 1 is 1.41 bits per heavy atom. The smallest absolute Gasteiger partial charge is 0.156 e. The van der Waals surface area contributed by atoms with Gasteiger partial charge in [0.1, 0.15) is 5.15 Å². The first kappa shape index (κ1) is 11.0. The lowest BCUT2D eigenvalue weighted by Crippen LogP contribution is -2.22. The molecule has 0 spiro atoms. The minimum atomic E-state index is 0.227. The van der Waals surface area contributed by atoms with E-state index in [0.29, 0.717) is 0 Å². The number of hydrogen-bond donors (Lipinski definition) is 0. The van der Waals surface area contributed by atoms with E-state index in [1.54, 1.807) is 10.7 Å². The van der Waals surface area contributed by atoms with Crippen molar-refractivity contribution in [2.24, 2.45) is 0 Å². The molecule has 90 valence electrons. The molecule has 0 aromatic carbocycles. The molecule has 0 aliphatic heterocycles. The molecular formula is C13H16ClN3. The van der Waals surface area contributed by atoms with Crippen molar-refractivity contribution in [2.45, 2.75) is 44.9 Å². The number of halogens is 1. The van der Waals surface area contributed by atoms with Crippen LogP contribution in [0.15, 0.2) is 12.3 Å². The van der Waals surface area contributed by atoms with Crippen LogP contribution in [0.25, 0.3) is 5.65 Å². The van der Waals surface area contributed by atoms with E-state index >= 15 is 0 Å². The van der Waals surface area contributed by atoms with Gasteiger partial charge in [-0.05, 0) is 25.7 Å². The van der Waals surface area contributed by atoms with E-state index < -0.39 is 0 Å². The van der Waals surface area contributed by atoms with Crippen LogP contribution >= 0.6 is 11.6 Å². The van der Waals surface area contributed by atoms with Gasteiger partial charge < -0.3 is 0 Å². The van der Waals surface area contributed by atoms with Gasteiger partial charge in [-0.15, -0.1) is 0 Å². The molecule has 3 nitrogen and oxygen atoms in total. The van der Waals surface area contributed by atoms with Crippen LogP contribution in [-0.2, 0) is 11.8 Å². The summed E-state index contributed by atoms with van der Waals surface area (Å²) in [5, 5.41) is 4.97. The van der Waals surface area contributed by atoms with Crippen LogP contribution in [0.1, 0.15) is 44.4 Å². The third-order valence-corrected chi connectivity index (χ3v) is 4.67. The van der Waals surface area contributed by atoms with Crippen molar-refractivity contribution in [2.75, 3.05) is 0 Å². The van der Waals surface area contributed by atoms with Crippen molar-refractivity contribution < 1.29 is 0 Å². The van der Waals surface area contributed by atoms with Crippen molar-refractivity contribution in [3.05, 3.63) is 28.7 Å². The number of aromatic nitrogens is 3. The van der Waals surface area contributed by atoms with Crippen LogP contribution < -0.4 is 0 Å². The van der Waals surface area contributed by atoms with Crippen LogP contribution in [0.2, 0.25) is 5.15 Å². The van der Waals surface area contributed by atoms with Gasteiger partial charge >= 0.3 is 0 Å². The minimum absolute atomic E-state index is 0.227. The number of nitrogens with zero attached hydrogens (tertiary/aromatic N) is 3. The molecule has 0 unspecified atom stereocenters. The Labute approximate surface area is 106 Å². The summed E-state index contributed by atoms with van der Waals surface area (Å²) in [6.45, 7) is 4.49. The second-order valence-corrected chi connectivity index (χ2v) is 5.18. The lowest BCUT2D eigenvalue weighted by molar-refractivity contribution is 0.385. The zero-order chi connectivity index (χ0) is 12.0. The SMILES string of the molecule is CCC1(CC)CCc2c1nc1ccnn1c2Cl. The van der Waals surface area contributed by atoms with E-state index in [1.165, 1.54) is 11.3 Å². The van der Waals surface area contributed by atoms with E-state index in [9.17, 15) is 0 Å². The van der Waals surface area contributed by atoms with Gasteiger partial charge in [0, 0.05) is 17.0 Å². The summed E-state index contributed by atoms with van der Waals surface area (Å²) in [6, 6.07) is 1.92. The van der Waals surface area contributed by atoms with Gasteiger partial charge in [0.15, 0.2) is 5.65 Å². The molecule has 0 atom stereocenters. The topological polar surface area (TPSA) is 30.2 Å². The van der Waals surface area contributed by atoms with Gasteiger partial charge in [-0.2, -0.15) is 5.10 Å². The summed E-state index contributed by atoms with van der Waals surface area (Å²) in [7, 11) is 0. The molecule has 4 heteroatoms. The Kier molecular flexibility index (Phi) is 2.40. The van der Waals surface area contributed by atoms with Crippen molar-refractivity contribution in [3.63, 3.8) is 0 Å². The van der Waals surface area contributed by atoms with Gasteiger partial charge in [0.05, 0.1) is 11.9 Å². The molecule has 0 saturated heterocycles. The first-order valence-electron chi connectivity index (χ1n) is 6.24. The van der Waals surface area contributed by atoms with Gasteiger partial charge in [0.2, 0.25) is 0 Å². The van der Waals surface area contributed by atoms with Crippen molar-refractivity contribution in [3.8, 4) is 0 Å². The largest absolute Gasteiger partial charge is 0.233 e. The fraction of sp³-hybridized carbons (Fsp3) is 0.538. The molecule has 0 amide bonds. The molecular weight excluding hydrogens is 234 g/mol. The van der Waals surface area contributed by atoms with E-state index in [1.807, 2.05) is 6.07 Å². The predicted octanol–water partition coefficient (Wildman–Crippen LogP) is 3.39. The highest BCUT2D eigenvalue weighted by molar-refractivity contribution is 6.30. The van der Waals surface area contributed by atoms with Crippen molar-refractivity contribution in [1.29, 1.82) is 0 Å². The highest BCUT2D eigenvalue weighted by atomic mass is 35.5. The predicted molar refractivity (Wildman–Crippen MR) is 68.6 cm³/mol. The molecule has 0 bridgehead atoms. The van der Waals surface area contributed by atoms with Crippen molar-refractivity contribution >= 4 is 17.2 Å². The van der Waals surface area contributed by atoms with Crippen LogP contribution in [-0.4, -0.2) is 14.6 Å². The van der Waals surface area contributed by atoms with Gasteiger partial charge in [-0.1, -0.05) is 25.4 Å². The molecule has 0 radical (unpaired) electrons. The Morgan fingerprint density at radius 3 is 2.88 bits per heavy atom. The zero-order valence-corrected chi connectivity index (χ0v) is 11.0. The lowest BCUT2D eigenvalue weighted by Gasteiger charge is -2.26. The molecule has 2 aromatic heterocycles. The van der Waals surface area contributed by atoms with Crippen LogP contribution in [0.3, 0.4) is 0 Å². The summed E-state index contributed by atoms with van der Waals surface area (Å²) >= 11 is 6.43. The van der Waals surface area contributed by atoms with Crippen LogP contribution in [0, 0.1) is 0 Å². The molecule has 2 heterocycles. The second kappa shape index (κ2) is 3.70. The number of fused-ring (bicyclic) bond motifs is 2. The standard InChI is InChI=1S/C13H16ClN3/c1-3-13(4-2)7-5-9-11(13)16-10-6-8-15-17(10)12(9)14/h6,8H,3-5,7H2,1-2H3. The monoisotopic (exact) mass is 249 g/mol. The Morgan fingerprint density at radius 2 is 2.18 bits per heavy atom. The van der Waals surface area contributed by atoms with Gasteiger partial charge in [-0.25, -0.2) is 9.50 Å². The second-order valence-electron chi connectivity index (χ2n) is 4.82. The van der Waals surface area contributed by atoms with E-state index in [2.05, 4.69) is 18.9 Å². The number of rotatable bonds is 2. The Balaban J connectivity index is 2.31. The molecule has 0 N–H and O–H groups in total. The van der Waals surface area contributed by atoms with E-state index in [-0.39, 0.29) is 5.41 Å². The number of hydrogen-bond acceptors (Lipinski definition) is 2. The third-order valence-electron chi connectivity index (χ3n) is 4.28. The highest BCUT2D eigenvalue weighted by Gasteiger charge is 2.39. The molecule has 0 saturated carbocycles. The summed E-state index contributed by atoms with van der Waals surface area (Å²) in [5.41, 5.74) is 3.50. The summed E-state index contributed by atoms with van der Waals surface area (Å²) in [4.78, 5) is 4.79. The third kappa shape index (κ3) is 1.35. The maximum atomic E-state index is 6.43. The van der Waals surface area contributed by atoms with E-state index in [0.717, 1.165) is 36.5 Å². The average molecular weight is 250 g/mol. The molecule has 0 fully saturated rings. The summed E-state index contributed by atoms with van der Waals surface area (Å²) in [5.74, 6) is 0. The average Bonchev–Trinajstić information content (AvgIpc) is 2.94. The molecule has 1 aliphatic rings. The minimum Gasteiger partial charge on any atom is -0.233 e. The van der Waals surface area contributed by atoms with Crippen LogP contribution in [0.4, 0.5) is 0 Å². The zero-order valence-electron chi connectivity index (χ0n) is 10.2. The Bertz CT molecular complexity index is 569. The van der Waals surface area contributed by atoms with Crippen LogP contribution in [0.5, 0.6) is 0 Å². The maximum absolute atomic E-state index is 6.43. The molecule has 3 rings (SSSR count). The molecule has 17 heavy (non-hydrogen) atoms. The molecule has 1 aliphatic carbocycles. The summed E-state index contributed by atoms with van der Waals surface area (Å²) in [6.07, 6.45) is 6.20. The summed E-state index contributed by atoms with van der Waals surface area (Å²) < 4.78 is 1.74. The highest BCUT2D eigenvalue weighted by Crippen LogP contribution is 2.45. The fourth-order valence-electron chi connectivity index (χ4n) is 3.02. The Hall–Kier alpha value is -1.09. The first-order chi connectivity index (χ1) is 8.22.